The van der Waals surface area contributed by atoms with Gasteiger partial charge in [-0.2, -0.15) is 0 Å². The molecule has 3 nitrogen and oxygen atoms in total. The molecule has 8 heavy (non-hydrogen) atoms. The zero-order chi connectivity index (χ0) is 5.82. The summed E-state index contributed by atoms with van der Waals surface area (Å²) in [6.45, 7) is 2.89. The fourth-order valence-electron chi connectivity index (χ4n) is 0.491. The summed E-state index contributed by atoms with van der Waals surface area (Å²) in [6, 6.07) is 0. The molecular weight excluding hydrogens is 102 g/mol. The predicted octanol–water partition coefficient (Wildman–Crippen LogP) is 0.0411. The maximum atomic E-state index is 3.88. The van der Waals surface area contributed by atoms with Crippen molar-refractivity contribution in [1.29, 1.82) is 0 Å². The van der Waals surface area contributed by atoms with E-state index in [1.807, 2.05) is 6.92 Å². The molecule has 1 N–H and O–H groups in total. The van der Waals surface area contributed by atoms with Crippen LogP contribution in [0.5, 0.6) is 0 Å². The molecule has 1 heterocycles. The van der Waals surface area contributed by atoms with Gasteiger partial charge in [-0.15, -0.1) is 0 Å². The summed E-state index contributed by atoms with van der Waals surface area (Å²) in [7, 11) is 0. The van der Waals surface area contributed by atoms with Gasteiger partial charge in [0.1, 0.15) is 0 Å². The van der Waals surface area contributed by atoms with Crippen LogP contribution in [0, 0.1) is 0 Å². The lowest BCUT2D eigenvalue weighted by molar-refractivity contribution is 0.932. The largest absolute Gasteiger partial charge is 0.355 e. The van der Waals surface area contributed by atoms with E-state index in [1.54, 1.807) is 12.4 Å². The van der Waals surface area contributed by atoms with Gasteiger partial charge in [-0.05, 0) is 6.92 Å². The SMILES string of the molecule is CCNC1=NC=C[N]1. The minimum Gasteiger partial charge on any atom is -0.355 e. The van der Waals surface area contributed by atoms with Gasteiger partial charge in [0.15, 0.2) is 0 Å². The highest BCUT2D eigenvalue weighted by Crippen LogP contribution is 1.84. The summed E-state index contributed by atoms with van der Waals surface area (Å²) in [5.74, 6) is 0.715. The Balaban J connectivity index is 2.28. The van der Waals surface area contributed by atoms with Gasteiger partial charge in [0, 0.05) is 18.9 Å². The van der Waals surface area contributed by atoms with Crippen molar-refractivity contribution < 1.29 is 0 Å². The summed E-state index contributed by atoms with van der Waals surface area (Å²) in [6.07, 6.45) is 3.33. The first-order valence-corrected chi connectivity index (χ1v) is 2.61. The van der Waals surface area contributed by atoms with Gasteiger partial charge >= 0.3 is 0 Å². The van der Waals surface area contributed by atoms with Gasteiger partial charge in [0.25, 0.3) is 0 Å². The van der Waals surface area contributed by atoms with Crippen LogP contribution in [0.4, 0.5) is 0 Å². The van der Waals surface area contributed by atoms with Crippen molar-refractivity contribution in [2.45, 2.75) is 6.92 Å². The van der Waals surface area contributed by atoms with E-state index in [-0.39, 0.29) is 0 Å². The topological polar surface area (TPSA) is 38.5 Å². The minimum atomic E-state index is 0.715. The Labute approximate surface area is 48.5 Å². The van der Waals surface area contributed by atoms with Crippen LogP contribution in [0.15, 0.2) is 17.4 Å². The highest BCUT2D eigenvalue weighted by atomic mass is 15.2. The Kier molecular flexibility index (Phi) is 1.51. The van der Waals surface area contributed by atoms with Gasteiger partial charge in [0.05, 0.1) is 0 Å². The van der Waals surface area contributed by atoms with Crippen LogP contribution < -0.4 is 10.6 Å². The smallest absolute Gasteiger partial charge is 0.222 e. The quantitative estimate of drug-likeness (QED) is 0.508. The first-order valence-electron chi connectivity index (χ1n) is 2.61. The summed E-state index contributed by atoms with van der Waals surface area (Å²) >= 11 is 0. The second kappa shape index (κ2) is 2.35. The zero-order valence-electron chi connectivity index (χ0n) is 4.76. The van der Waals surface area contributed by atoms with E-state index in [1.165, 1.54) is 0 Å². The van der Waals surface area contributed by atoms with Crippen molar-refractivity contribution in [2.75, 3.05) is 6.54 Å². The molecule has 0 fully saturated rings. The summed E-state index contributed by atoms with van der Waals surface area (Å²) in [5, 5.41) is 6.85. The zero-order valence-corrected chi connectivity index (χ0v) is 4.76. The molecule has 43 valence electrons. The lowest BCUT2D eigenvalue weighted by atomic mass is 10.7. The average molecular weight is 110 g/mol. The first kappa shape index (κ1) is 5.15. The lowest BCUT2D eigenvalue weighted by Gasteiger charge is -1.96. The van der Waals surface area contributed by atoms with Crippen molar-refractivity contribution in [3.8, 4) is 0 Å². The van der Waals surface area contributed by atoms with Gasteiger partial charge in [-0.1, -0.05) is 0 Å². The number of hydrogen-bond acceptors (Lipinski definition) is 2. The van der Waals surface area contributed by atoms with Crippen LogP contribution in [0.2, 0.25) is 0 Å². The number of rotatable bonds is 1. The van der Waals surface area contributed by atoms with Crippen LogP contribution in [-0.4, -0.2) is 12.5 Å². The van der Waals surface area contributed by atoms with Crippen molar-refractivity contribution in [2.24, 2.45) is 4.99 Å². The Morgan fingerprint density at radius 3 is 3.00 bits per heavy atom. The third-order valence-corrected chi connectivity index (χ3v) is 0.795. The molecule has 3 heteroatoms. The summed E-state index contributed by atoms with van der Waals surface area (Å²) < 4.78 is 0. The van der Waals surface area contributed by atoms with E-state index >= 15 is 0 Å². The monoisotopic (exact) mass is 110 g/mol. The molecule has 0 amide bonds. The molecule has 1 rings (SSSR count). The van der Waals surface area contributed by atoms with Gasteiger partial charge in [-0.25, -0.2) is 10.3 Å². The van der Waals surface area contributed by atoms with Gasteiger partial charge in [-0.3, -0.25) is 0 Å². The van der Waals surface area contributed by atoms with Crippen LogP contribution in [0.25, 0.3) is 0 Å². The third kappa shape index (κ3) is 0.992. The van der Waals surface area contributed by atoms with Gasteiger partial charge in [0.2, 0.25) is 5.96 Å². The predicted molar refractivity (Wildman–Crippen MR) is 32.4 cm³/mol. The maximum absolute atomic E-state index is 3.88. The summed E-state index contributed by atoms with van der Waals surface area (Å²) in [5.41, 5.74) is 0. The fraction of sp³-hybridized carbons (Fsp3) is 0.400. The Hall–Kier alpha value is -0.990. The molecule has 0 saturated heterocycles. The fourth-order valence-corrected chi connectivity index (χ4v) is 0.491. The van der Waals surface area contributed by atoms with Crippen LogP contribution in [0.3, 0.4) is 0 Å². The highest BCUT2D eigenvalue weighted by molar-refractivity contribution is 5.82. The van der Waals surface area contributed by atoms with Crippen molar-refractivity contribution >= 4 is 5.96 Å². The molecule has 0 unspecified atom stereocenters. The Morgan fingerprint density at radius 2 is 2.50 bits per heavy atom. The Morgan fingerprint density at radius 1 is 1.62 bits per heavy atom. The summed E-state index contributed by atoms with van der Waals surface area (Å²) in [4.78, 5) is 3.88. The van der Waals surface area contributed by atoms with Crippen molar-refractivity contribution in [1.82, 2.24) is 10.6 Å². The van der Waals surface area contributed by atoms with Crippen LogP contribution in [0.1, 0.15) is 6.92 Å². The molecule has 1 aliphatic rings. The van der Waals surface area contributed by atoms with E-state index in [0.29, 0.717) is 5.96 Å². The second-order valence-corrected chi connectivity index (χ2v) is 1.41. The number of guanidine groups is 1. The van der Waals surface area contributed by atoms with Crippen molar-refractivity contribution in [3.05, 3.63) is 12.4 Å². The van der Waals surface area contributed by atoms with E-state index in [4.69, 9.17) is 0 Å². The minimum absolute atomic E-state index is 0.715. The first-order chi connectivity index (χ1) is 3.93. The second-order valence-electron chi connectivity index (χ2n) is 1.41. The highest BCUT2D eigenvalue weighted by Gasteiger charge is 1.96. The maximum Gasteiger partial charge on any atom is 0.222 e. The molecule has 0 aliphatic carbocycles. The number of hydrogen-bond donors (Lipinski definition) is 1. The molecule has 0 spiro atoms. The number of aliphatic imine (C=N–C) groups is 1. The van der Waals surface area contributed by atoms with Gasteiger partial charge < -0.3 is 5.32 Å². The van der Waals surface area contributed by atoms with E-state index in [0.717, 1.165) is 6.54 Å². The van der Waals surface area contributed by atoms with Crippen LogP contribution >= 0.6 is 0 Å². The molecule has 0 aromatic rings. The lowest BCUT2D eigenvalue weighted by Crippen LogP contribution is -2.27. The molecule has 0 saturated carbocycles. The average Bonchev–Trinajstić information content (AvgIpc) is 2.19. The number of nitrogens with one attached hydrogen (secondary N) is 1. The molecule has 0 aromatic carbocycles. The number of nitrogens with zero attached hydrogens (tertiary/aromatic N) is 2. The van der Waals surface area contributed by atoms with Crippen LogP contribution in [-0.2, 0) is 0 Å². The van der Waals surface area contributed by atoms with E-state index in [9.17, 15) is 0 Å². The molecular formula is C5H8N3. The van der Waals surface area contributed by atoms with E-state index in [2.05, 4.69) is 15.6 Å². The normalized spacial score (nSPS) is 15.4. The van der Waals surface area contributed by atoms with Crippen molar-refractivity contribution in [3.63, 3.8) is 0 Å². The molecule has 0 aromatic heterocycles. The molecule has 1 radical (unpaired) electrons. The molecule has 0 atom stereocenters. The third-order valence-electron chi connectivity index (χ3n) is 0.795. The standard InChI is InChI=1S/C5H8N3/c1-2-6-5-7-3-4-8-5/h3-4H,2H2,1H3,(H,6,7). The Bertz CT molecular complexity index is 126. The van der Waals surface area contributed by atoms with E-state index < -0.39 is 0 Å². The molecule has 0 bridgehead atoms. The molecule has 1 aliphatic heterocycles.